The minimum atomic E-state index is 0.422. The lowest BCUT2D eigenvalue weighted by atomic mass is 9.86. The van der Waals surface area contributed by atoms with Gasteiger partial charge in [0.25, 0.3) is 0 Å². The summed E-state index contributed by atoms with van der Waals surface area (Å²) in [6.45, 7) is 11.8. The minimum absolute atomic E-state index is 0.422. The summed E-state index contributed by atoms with van der Waals surface area (Å²) in [6.07, 6.45) is 5.07. The quantitative estimate of drug-likeness (QED) is 0.582. The van der Waals surface area contributed by atoms with Crippen LogP contribution in [0.5, 0.6) is 0 Å². The molecule has 1 saturated heterocycles. The molecule has 0 aromatic rings. The van der Waals surface area contributed by atoms with Gasteiger partial charge in [-0.05, 0) is 38.1 Å². The van der Waals surface area contributed by atoms with Crippen molar-refractivity contribution in [2.45, 2.75) is 46.6 Å². The Morgan fingerprint density at radius 3 is 2.42 bits per heavy atom. The van der Waals surface area contributed by atoms with Gasteiger partial charge in [-0.2, -0.15) is 0 Å². The van der Waals surface area contributed by atoms with Crippen LogP contribution in [0.3, 0.4) is 0 Å². The lowest BCUT2D eigenvalue weighted by Crippen LogP contribution is -2.44. The molecule has 0 aromatic heterocycles. The molecule has 0 aliphatic carbocycles. The van der Waals surface area contributed by atoms with E-state index < -0.39 is 0 Å². The maximum absolute atomic E-state index is 2.59. The molecule has 0 amide bonds. The van der Waals surface area contributed by atoms with Gasteiger partial charge in [0.15, 0.2) is 0 Å². The van der Waals surface area contributed by atoms with Crippen molar-refractivity contribution in [2.75, 3.05) is 13.1 Å². The highest BCUT2D eigenvalue weighted by molar-refractivity contribution is 4.86. The molecule has 0 bridgehead atoms. The lowest BCUT2D eigenvalue weighted by Gasteiger charge is -2.39. The average molecular weight is 168 g/mol. The Morgan fingerprint density at radius 1 is 1.33 bits per heavy atom. The van der Waals surface area contributed by atoms with Crippen molar-refractivity contribution in [3.05, 3.63) is 6.42 Å². The van der Waals surface area contributed by atoms with Crippen LogP contribution in [0.4, 0.5) is 0 Å². The molecule has 12 heavy (non-hydrogen) atoms. The summed E-state index contributed by atoms with van der Waals surface area (Å²) >= 11 is 0. The van der Waals surface area contributed by atoms with E-state index in [1.165, 1.54) is 25.9 Å². The van der Waals surface area contributed by atoms with Gasteiger partial charge in [0, 0.05) is 12.6 Å². The molecule has 1 aliphatic rings. The molecule has 1 atom stereocenters. The molecule has 0 N–H and O–H groups in total. The van der Waals surface area contributed by atoms with E-state index in [4.69, 9.17) is 0 Å². The van der Waals surface area contributed by atoms with Crippen LogP contribution >= 0.6 is 0 Å². The Morgan fingerprint density at radius 2 is 2.00 bits per heavy atom. The van der Waals surface area contributed by atoms with Crippen LogP contribution in [-0.4, -0.2) is 24.0 Å². The van der Waals surface area contributed by atoms with Gasteiger partial charge in [-0.25, -0.2) is 0 Å². The summed E-state index contributed by atoms with van der Waals surface area (Å²) in [7, 11) is 0. The van der Waals surface area contributed by atoms with Crippen molar-refractivity contribution in [2.24, 2.45) is 5.41 Å². The van der Waals surface area contributed by atoms with E-state index in [9.17, 15) is 0 Å². The molecule has 1 nitrogen and oxygen atoms in total. The number of piperidine rings is 1. The van der Waals surface area contributed by atoms with Gasteiger partial charge in [0.2, 0.25) is 0 Å². The van der Waals surface area contributed by atoms with Crippen molar-refractivity contribution >= 4 is 0 Å². The number of hydrogen-bond acceptors (Lipinski definition) is 1. The second-order valence-electron chi connectivity index (χ2n) is 4.97. The van der Waals surface area contributed by atoms with E-state index in [2.05, 4.69) is 39.0 Å². The van der Waals surface area contributed by atoms with E-state index in [1.54, 1.807) is 0 Å². The van der Waals surface area contributed by atoms with Crippen LogP contribution in [0.15, 0.2) is 0 Å². The first kappa shape index (κ1) is 10.0. The third-order valence-corrected chi connectivity index (χ3v) is 3.02. The average Bonchev–Trinajstić information content (AvgIpc) is 2.03. The zero-order valence-corrected chi connectivity index (χ0v) is 8.93. The van der Waals surface area contributed by atoms with Crippen LogP contribution in [0.1, 0.15) is 40.5 Å². The number of likely N-dealkylation sites (tertiary alicyclic amines) is 1. The summed E-state index contributed by atoms with van der Waals surface area (Å²) < 4.78 is 0. The predicted octanol–water partition coefficient (Wildman–Crippen LogP) is 2.72. The molecular formula is C11H22N. The van der Waals surface area contributed by atoms with E-state index >= 15 is 0 Å². The van der Waals surface area contributed by atoms with Crippen LogP contribution in [0.2, 0.25) is 0 Å². The lowest BCUT2D eigenvalue weighted by molar-refractivity contribution is 0.109. The smallest absolute Gasteiger partial charge is 0.0116 e. The molecule has 1 heteroatoms. The fraction of sp³-hybridized carbons (Fsp3) is 0.909. The van der Waals surface area contributed by atoms with Gasteiger partial charge in [-0.1, -0.05) is 20.8 Å². The normalized spacial score (nSPS) is 24.0. The summed E-state index contributed by atoms with van der Waals surface area (Å²) in [4.78, 5) is 2.59. The highest BCUT2D eigenvalue weighted by Crippen LogP contribution is 2.25. The highest BCUT2D eigenvalue weighted by atomic mass is 15.2. The third kappa shape index (κ3) is 2.48. The monoisotopic (exact) mass is 168 g/mol. The summed E-state index contributed by atoms with van der Waals surface area (Å²) in [5.41, 5.74) is 0.422. The molecule has 1 radical (unpaired) electrons. The Bertz CT molecular complexity index is 128. The van der Waals surface area contributed by atoms with Crippen LogP contribution in [-0.2, 0) is 0 Å². The molecule has 1 rings (SSSR count). The zero-order chi connectivity index (χ0) is 9.19. The van der Waals surface area contributed by atoms with E-state index in [1.807, 2.05) is 0 Å². The predicted molar refractivity (Wildman–Crippen MR) is 54.0 cm³/mol. The number of hydrogen-bond donors (Lipinski definition) is 0. The summed E-state index contributed by atoms with van der Waals surface area (Å²) in [5.74, 6) is 0. The molecule has 1 fully saturated rings. The van der Waals surface area contributed by atoms with Gasteiger partial charge >= 0.3 is 0 Å². The van der Waals surface area contributed by atoms with Crippen molar-refractivity contribution < 1.29 is 0 Å². The first-order valence-electron chi connectivity index (χ1n) is 5.07. The number of rotatable bonds is 1. The second-order valence-corrected chi connectivity index (χ2v) is 4.97. The molecule has 0 spiro atoms. The minimum Gasteiger partial charge on any atom is -0.300 e. The SMILES string of the molecule is CC(N1C[CH]CCC1)C(C)(C)C. The Kier molecular flexibility index (Phi) is 3.16. The second kappa shape index (κ2) is 3.78. The number of nitrogens with zero attached hydrogens (tertiary/aromatic N) is 1. The molecule has 0 saturated carbocycles. The Hall–Kier alpha value is -0.0400. The first-order valence-corrected chi connectivity index (χ1v) is 5.07. The standard InChI is InChI=1S/C11H22N/c1-10(11(2,3)4)12-8-6-5-7-9-12/h6,10H,5,7-9H2,1-4H3. The zero-order valence-electron chi connectivity index (χ0n) is 8.93. The fourth-order valence-electron chi connectivity index (χ4n) is 1.69. The Labute approximate surface area is 77.1 Å². The maximum Gasteiger partial charge on any atom is 0.0116 e. The van der Waals surface area contributed by atoms with E-state index in [0.29, 0.717) is 11.5 Å². The first-order chi connectivity index (χ1) is 5.52. The molecule has 1 unspecified atom stereocenters. The molecule has 0 aromatic carbocycles. The van der Waals surface area contributed by atoms with Crippen LogP contribution in [0, 0.1) is 11.8 Å². The van der Waals surface area contributed by atoms with Crippen LogP contribution in [0.25, 0.3) is 0 Å². The molecule has 71 valence electrons. The fourth-order valence-corrected chi connectivity index (χ4v) is 1.69. The summed E-state index contributed by atoms with van der Waals surface area (Å²) in [6, 6.07) is 0.703. The maximum atomic E-state index is 2.59. The van der Waals surface area contributed by atoms with E-state index in [-0.39, 0.29) is 0 Å². The van der Waals surface area contributed by atoms with Gasteiger partial charge in [0.1, 0.15) is 0 Å². The van der Waals surface area contributed by atoms with Gasteiger partial charge < -0.3 is 0 Å². The highest BCUT2D eigenvalue weighted by Gasteiger charge is 2.26. The Balaban J connectivity index is 2.45. The van der Waals surface area contributed by atoms with E-state index in [0.717, 1.165) is 0 Å². The van der Waals surface area contributed by atoms with Crippen molar-refractivity contribution in [3.63, 3.8) is 0 Å². The van der Waals surface area contributed by atoms with Gasteiger partial charge in [-0.3, -0.25) is 4.90 Å². The van der Waals surface area contributed by atoms with Crippen LogP contribution < -0.4 is 0 Å². The topological polar surface area (TPSA) is 3.24 Å². The van der Waals surface area contributed by atoms with Crippen molar-refractivity contribution in [1.29, 1.82) is 0 Å². The van der Waals surface area contributed by atoms with Crippen molar-refractivity contribution in [1.82, 2.24) is 4.90 Å². The largest absolute Gasteiger partial charge is 0.300 e. The van der Waals surface area contributed by atoms with Gasteiger partial charge in [-0.15, -0.1) is 0 Å². The molecule has 1 heterocycles. The molecular weight excluding hydrogens is 146 g/mol. The summed E-state index contributed by atoms with van der Waals surface area (Å²) in [5, 5.41) is 0. The van der Waals surface area contributed by atoms with Crippen molar-refractivity contribution in [3.8, 4) is 0 Å². The molecule has 1 aliphatic heterocycles. The van der Waals surface area contributed by atoms with Gasteiger partial charge in [0.05, 0.1) is 0 Å². The third-order valence-electron chi connectivity index (χ3n) is 3.02.